The molecule has 0 radical (unpaired) electrons. The van der Waals surface area contributed by atoms with Gasteiger partial charge in [-0.3, -0.25) is 9.35 Å². The molecule has 0 aliphatic rings. The van der Waals surface area contributed by atoms with E-state index in [0.717, 1.165) is 44.9 Å². The molecule has 7 nitrogen and oxygen atoms in total. The Morgan fingerprint density at radius 2 is 0.849 bits per heavy atom. The van der Waals surface area contributed by atoms with Gasteiger partial charge in [0.1, 0.15) is 6.10 Å². The lowest BCUT2D eigenvalue weighted by atomic mass is 10.0. The van der Waals surface area contributed by atoms with E-state index in [2.05, 4.69) is 43.5 Å². The van der Waals surface area contributed by atoms with E-state index in [-0.39, 0.29) is 6.42 Å². The van der Waals surface area contributed by atoms with Gasteiger partial charge in [0.05, 0.1) is 17.9 Å². The van der Waals surface area contributed by atoms with Crippen molar-refractivity contribution in [2.24, 2.45) is 0 Å². The predicted octanol–water partition coefficient (Wildman–Crippen LogP) is 12.3. The molecule has 3 atom stereocenters. The van der Waals surface area contributed by atoms with E-state index in [1.807, 2.05) is 0 Å². The van der Waals surface area contributed by atoms with Crippen molar-refractivity contribution in [3.63, 3.8) is 0 Å². The first kappa shape index (κ1) is 51.5. The molecule has 0 aromatic carbocycles. The first-order valence-electron chi connectivity index (χ1n) is 22.3. The molecule has 0 bridgehead atoms. The molecule has 53 heavy (non-hydrogen) atoms. The summed E-state index contributed by atoms with van der Waals surface area (Å²) >= 11 is 0. The molecule has 0 saturated heterocycles. The number of hydrogen-bond acceptors (Lipinski definition) is 5. The second-order valence-corrected chi connectivity index (χ2v) is 17.0. The number of aliphatic hydroxyl groups is 2. The summed E-state index contributed by atoms with van der Waals surface area (Å²) in [6.07, 6.45) is 47.8. The average molecular weight is 768 g/mol. The highest BCUT2D eigenvalue weighted by Crippen LogP contribution is 2.15. The van der Waals surface area contributed by atoms with Gasteiger partial charge in [-0.05, 0) is 44.9 Å². The number of rotatable bonds is 40. The molecule has 4 N–H and O–H groups in total. The second-order valence-electron chi connectivity index (χ2n) is 15.5. The molecule has 0 spiro atoms. The first-order valence-corrected chi connectivity index (χ1v) is 23.9. The Bertz CT molecular complexity index is 995. The van der Waals surface area contributed by atoms with E-state index in [9.17, 15) is 28.0 Å². The average Bonchev–Trinajstić information content (AvgIpc) is 3.12. The zero-order valence-corrected chi connectivity index (χ0v) is 35.3. The van der Waals surface area contributed by atoms with Gasteiger partial charge in [0, 0.05) is 0 Å². The monoisotopic (exact) mass is 768 g/mol. The maximum Gasteiger partial charge on any atom is 0.267 e. The van der Waals surface area contributed by atoms with E-state index in [1.54, 1.807) is 6.08 Å². The van der Waals surface area contributed by atoms with Gasteiger partial charge in [-0.2, -0.15) is 8.42 Å². The number of aliphatic hydroxyl groups excluding tert-OH is 2. The molecular weight excluding hydrogens is 683 g/mol. The van der Waals surface area contributed by atoms with Crippen LogP contribution in [-0.2, 0) is 14.9 Å². The summed E-state index contributed by atoms with van der Waals surface area (Å²) in [6, 6.07) is -1.25. The van der Waals surface area contributed by atoms with Crippen molar-refractivity contribution in [1.29, 1.82) is 0 Å². The summed E-state index contributed by atoms with van der Waals surface area (Å²) in [5, 5.41) is 23.4. The number of hydrogen-bond donors (Lipinski definition) is 4. The molecule has 0 aromatic rings. The van der Waals surface area contributed by atoms with Gasteiger partial charge in [-0.25, -0.2) is 0 Å². The fourth-order valence-corrected chi connectivity index (χ4v) is 7.46. The molecule has 0 aliphatic carbocycles. The van der Waals surface area contributed by atoms with Gasteiger partial charge in [0.25, 0.3) is 10.1 Å². The third-order valence-corrected chi connectivity index (χ3v) is 10.9. The summed E-state index contributed by atoms with van der Waals surface area (Å²) in [4.78, 5) is 12.6. The lowest BCUT2D eigenvalue weighted by Gasteiger charge is -2.22. The van der Waals surface area contributed by atoms with Crippen LogP contribution in [0.4, 0.5) is 0 Å². The van der Waals surface area contributed by atoms with E-state index in [1.165, 1.54) is 147 Å². The third-order valence-electron chi connectivity index (χ3n) is 10.2. The van der Waals surface area contributed by atoms with Crippen LogP contribution < -0.4 is 5.32 Å². The molecule has 312 valence electrons. The van der Waals surface area contributed by atoms with Gasteiger partial charge in [0.2, 0.25) is 5.91 Å². The Morgan fingerprint density at radius 3 is 1.25 bits per heavy atom. The largest absolute Gasteiger partial charge is 0.387 e. The zero-order chi connectivity index (χ0) is 39.1. The normalized spacial score (nSPS) is 14.1. The van der Waals surface area contributed by atoms with Crippen LogP contribution in [0, 0.1) is 0 Å². The van der Waals surface area contributed by atoms with Crippen LogP contribution in [0.25, 0.3) is 0 Å². The van der Waals surface area contributed by atoms with Crippen LogP contribution in [0.1, 0.15) is 219 Å². The van der Waals surface area contributed by atoms with Gasteiger partial charge in [-0.1, -0.05) is 211 Å². The predicted molar refractivity (Wildman–Crippen MR) is 227 cm³/mol. The molecule has 0 saturated carbocycles. The summed E-state index contributed by atoms with van der Waals surface area (Å²) in [5.74, 6) is -1.56. The molecule has 0 rings (SSSR count). The summed E-state index contributed by atoms with van der Waals surface area (Å²) < 4.78 is 32.6. The van der Waals surface area contributed by atoms with Gasteiger partial charge < -0.3 is 15.5 Å². The highest BCUT2D eigenvalue weighted by molar-refractivity contribution is 7.85. The first-order chi connectivity index (χ1) is 25.7. The summed E-state index contributed by atoms with van der Waals surface area (Å²) in [5.41, 5.74) is 0. The van der Waals surface area contributed by atoms with E-state index >= 15 is 0 Å². The number of carbonyl (C=O) groups excluding carboxylic acids is 1. The van der Waals surface area contributed by atoms with Gasteiger partial charge in [0.15, 0.2) is 0 Å². The summed E-state index contributed by atoms with van der Waals surface area (Å²) in [6.45, 7) is 4.52. The van der Waals surface area contributed by atoms with Crippen molar-refractivity contribution in [3.8, 4) is 0 Å². The number of carbonyl (C=O) groups is 1. The molecule has 3 unspecified atom stereocenters. The van der Waals surface area contributed by atoms with Crippen LogP contribution >= 0.6 is 0 Å². The molecular formula is C45H85NO6S. The van der Waals surface area contributed by atoms with Gasteiger partial charge in [-0.15, -0.1) is 0 Å². The molecule has 8 heteroatoms. The van der Waals surface area contributed by atoms with Crippen molar-refractivity contribution >= 4 is 16.0 Å². The smallest absolute Gasteiger partial charge is 0.267 e. The van der Waals surface area contributed by atoms with E-state index in [4.69, 9.17) is 0 Å². The number of allylic oxidation sites excluding steroid dienone is 5. The quantitative estimate of drug-likeness (QED) is 0.0280. The zero-order valence-electron chi connectivity index (χ0n) is 34.5. The molecule has 0 aliphatic heterocycles. The Morgan fingerprint density at radius 1 is 0.509 bits per heavy atom. The van der Waals surface area contributed by atoms with Gasteiger partial charge >= 0.3 is 0 Å². The number of unbranched alkanes of at least 4 members (excludes halogenated alkanes) is 27. The molecule has 0 heterocycles. The number of amides is 1. The fraction of sp³-hybridized carbons (Fsp3) is 0.844. The van der Waals surface area contributed by atoms with Crippen LogP contribution in [0.2, 0.25) is 0 Å². The molecule has 1 amide bonds. The van der Waals surface area contributed by atoms with E-state index in [0.29, 0.717) is 12.8 Å². The maximum absolute atomic E-state index is 12.6. The third kappa shape index (κ3) is 38.6. The Hall–Kier alpha value is -1.48. The Kier molecular flexibility index (Phi) is 37.7. The maximum atomic E-state index is 12.6. The molecule has 0 aromatic heterocycles. The Balaban J connectivity index is 4.05. The standard InChI is InChI=1S/C45H85NO6S/c1-3-5-7-9-11-13-15-17-19-20-21-22-23-24-26-27-29-31-33-35-37-39-43(47)42(41-53(50,51)52)46-45(49)44(48)40-38-36-34-32-30-28-25-18-16-14-12-10-8-6-4-2/h23-24,29,31,37,39,42-44,47-48H,3-22,25-28,30,32-36,38,40-41H2,1-2H3,(H,46,49)(H,50,51,52)/b24-23+,31-29+,39-37+. The van der Waals surface area contributed by atoms with Crippen LogP contribution in [0.5, 0.6) is 0 Å². The molecule has 0 fully saturated rings. The number of nitrogens with one attached hydrogen (secondary N) is 1. The van der Waals surface area contributed by atoms with Crippen LogP contribution in [0.15, 0.2) is 36.5 Å². The van der Waals surface area contributed by atoms with Crippen molar-refractivity contribution in [1.82, 2.24) is 5.32 Å². The summed E-state index contributed by atoms with van der Waals surface area (Å²) in [7, 11) is -4.46. The highest BCUT2D eigenvalue weighted by atomic mass is 32.2. The van der Waals surface area contributed by atoms with Crippen LogP contribution in [0.3, 0.4) is 0 Å². The van der Waals surface area contributed by atoms with Crippen LogP contribution in [-0.4, -0.2) is 53.1 Å². The minimum Gasteiger partial charge on any atom is -0.387 e. The fourth-order valence-electron chi connectivity index (χ4n) is 6.72. The minimum atomic E-state index is -4.46. The Labute approximate surface area is 328 Å². The lowest BCUT2D eigenvalue weighted by Crippen LogP contribution is -2.50. The van der Waals surface area contributed by atoms with Crippen molar-refractivity contribution in [3.05, 3.63) is 36.5 Å². The highest BCUT2D eigenvalue weighted by Gasteiger charge is 2.27. The SMILES string of the molecule is CCCCCCCCCCCCC/C=C/CC/C=C/CC/C=C/C(O)C(CS(=O)(=O)O)NC(=O)C(O)CCCCCCCCCCCCCCCCC. The minimum absolute atomic E-state index is 0.274. The lowest BCUT2D eigenvalue weighted by molar-refractivity contribution is -0.130. The van der Waals surface area contributed by atoms with Crippen molar-refractivity contribution < 1.29 is 28.0 Å². The topological polar surface area (TPSA) is 124 Å². The van der Waals surface area contributed by atoms with Crippen molar-refractivity contribution in [2.75, 3.05) is 5.75 Å². The van der Waals surface area contributed by atoms with Crippen molar-refractivity contribution in [2.45, 2.75) is 238 Å². The second kappa shape index (κ2) is 38.8. The van der Waals surface area contributed by atoms with E-state index < -0.39 is 40.0 Å².